The summed E-state index contributed by atoms with van der Waals surface area (Å²) in [6.45, 7) is 7.44. The minimum atomic E-state index is -0.366. The highest BCUT2D eigenvalue weighted by atomic mass is 16.5. The zero-order chi connectivity index (χ0) is 20.5. The Balaban J connectivity index is 1.57. The van der Waals surface area contributed by atoms with Crippen molar-refractivity contribution in [2.24, 2.45) is 0 Å². The summed E-state index contributed by atoms with van der Waals surface area (Å²) in [5.41, 5.74) is 7.82. The number of nitrogens with two attached hydrogens (primary N) is 1. The molecule has 9 heteroatoms. The predicted octanol–water partition coefficient (Wildman–Crippen LogP) is 2.11. The van der Waals surface area contributed by atoms with E-state index in [4.69, 9.17) is 15.2 Å². The number of hydrogen-bond donors (Lipinski definition) is 3. The van der Waals surface area contributed by atoms with Crippen LogP contribution in [0.5, 0.6) is 0 Å². The van der Waals surface area contributed by atoms with E-state index in [0.717, 1.165) is 45.8 Å². The summed E-state index contributed by atoms with van der Waals surface area (Å²) >= 11 is 0. The van der Waals surface area contributed by atoms with Crippen molar-refractivity contribution in [2.45, 2.75) is 13.3 Å². The molecule has 1 aromatic heterocycles. The summed E-state index contributed by atoms with van der Waals surface area (Å²) in [6.07, 6.45) is 2.44. The van der Waals surface area contributed by atoms with Crippen molar-refractivity contribution in [1.82, 2.24) is 14.9 Å². The first-order valence-corrected chi connectivity index (χ1v) is 9.86. The van der Waals surface area contributed by atoms with Gasteiger partial charge in [-0.3, -0.25) is 4.90 Å². The van der Waals surface area contributed by atoms with Crippen molar-refractivity contribution in [3.8, 4) is 0 Å². The van der Waals surface area contributed by atoms with E-state index in [-0.39, 0.29) is 5.97 Å². The lowest BCUT2D eigenvalue weighted by atomic mass is 10.2. The van der Waals surface area contributed by atoms with Crippen LogP contribution in [-0.2, 0) is 9.47 Å². The van der Waals surface area contributed by atoms with Crippen LogP contribution in [0.2, 0.25) is 0 Å². The summed E-state index contributed by atoms with van der Waals surface area (Å²) in [5, 5.41) is 6.42. The van der Waals surface area contributed by atoms with Crippen molar-refractivity contribution < 1.29 is 14.3 Å². The summed E-state index contributed by atoms with van der Waals surface area (Å²) < 4.78 is 10.4. The summed E-state index contributed by atoms with van der Waals surface area (Å²) in [5.74, 6) is 0.706. The number of hydrogen-bond acceptors (Lipinski definition) is 9. The Morgan fingerprint density at radius 1 is 1.28 bits per heavy atom. The highest BCUT2D eigenvalue weighted by Gasteiger charge is 2.12. The quantitative estimate of drug-likeness (QED) is 0.430. The summed E-state index contributed by atoms with van der Waals surface area (Å²) in [4.78, 5) is 22.8. The third kappa shape index (κ3) is 6.03. The predicted molar refractivity (Wildman–Crippen MR) is 112 cm³/mol. The Labute approximate surface area is 170 Å². The van der Waals surface area contributed by atoms with Gasteiger partial charge in [0.15, 0.2) is 11.6 Å². The van der Waals surface area contributed by atoms with E-state index in [1.807, 2.05) is 6.07 Å². The normalized spacial score (nSPS) is 14.4. The Kier molecular flexibility index (Phi) is 7.60. The largest absolute Gasteiger partial charge is 0.462 e. The fourth-order valence-corrected chi connectivity index (χ4v) is 3.05. The third-order valence-electron chi connectivity index (χ3n) is 4.57. The highest BCUT2D eigenvalue weighted by molar-refractivity contribution is 5.91. The molecule has 0 saturated carbocycles. The van der Waals surface area contributed by atoms with Gasteiger partial charge in [-0.15, -0.1) is 0 Å². The number of rotatable bonds is 9. The van der Waals surface area contributed by atoms with Gasteiger partial charge in [-0.05, 0) is 38.1 Å². The molecule has 0 spiro atoms. The minimum Gasteiger partial charge on any atom is -0.462 e. The first-order chi connectivity index (χ1) is 14.2. The number of benzene rings is 1. The van der Waals surface area contributed by atoms with E-state index in [1.165, 1.54) is 6.33 Å². The maximum Gasteiger partial charge on any atom is 0.338 e. The van der Waals surface area contributed by atoms with E-state index in [2.05, 4.69) is 25.5 Å². The van der Waals surface area contributed by atoms with Crippen LogP contribution in [-0.4, -0.2) is 66.8 Å². The SMILES string of the molecule is CCOC(=O)c1cccc(Nc2ncnc(NCCCN3CCOCC3)c2N)c1. The van der Waals surface area contributed by atoms with Gasteiger partial charge in [0.1, 0.15) is 12.0 Å². The molecule has 9 nitrogen and oxygen atoms in total. The zero-order valence-electron chi connectivity index (χ0n) is 16.7. The van der Waals surface area contributed by atoms with Gasteiger partial charge in [-0.25, -0.2) is 14.8 Å². The number of morpholine rings is 1. The van der Waals surface area contributed by atoms with Crippen LogP contribution in [0, 0.1) is 0 Å². The average molecular weight is 400 g/mol. The maximum atomic E-state index is 11.9. The molecule has 1 saturated heterocycles. The van der Waals surface area contributed by atoms with Gasteiger partial charge in [-0.2, -0.15) is 0 Å². The van der Waals surface area contributed by atoms with Crippen LogP contribution in [0.25, 0.3) is 0 Å². The van der Waals surface area contributed by atoms with E-state index >= 15 is 0 Å². The van der Waals surface area contributed by atoms with Gasteiger partial charge in [0.2, 0.25) is 0 Å². The number of nitrogen functional groups attached to an aromatic ring is 1. The van der Waals surface area contributed by atoms with E-state index < -0.39 is 0 Å². The number of esters is 1. The number of carbonyl (C=O) groups excluding carboxylic acids is 1. The van der Waals surface area contributed by atoms with E-state index in [9.17, 15) is 4.79 Å². The van der Waals surface area contributed by atoms with Gasteiger partial charge in [0, 0.05) is 25.3 Å². The van der Waals surface area contributed by atoms with E-state index in [1.54, 1.807) is 25.1 Å². The standard InChI is InChI=1S/C20H28N6O3/c1-2-29-20(27)15-5-3-6-16(13-15)25-19-17(21)18(23-14-24-19)22-7-4-8-26-9-11-28-12-10-26/h3,5-6,13-14H,2,4,7-12,21H2,1H3,(H2,22,23,24,25). The molecular formula is C20H28N6O3. The van der Waals surface area contributed by atoms with E-state index in [0.29, 0.717) is 35.2 Å². The molecule has 0 aliphatic carbocycles. The van der Waals surface area contributed by atoms with Crippen LogP contribution in [0.3, 0.4) is 0 Å². The molecule has 0 radical (unpaired) electrons. The molecule has 3 rings (SSSR count). The van der Waals surface area contributed by atoms with Crippen LogP contribution in [0.15, 0.2) is 30.6 Å². The molecule has 1 aromatic carbocycles. The fraction of sp³-hybridized carbons (Fsp3) is 0.450. The number of nitrogens with one attached hydrogen (secondary N) is 2. The van der Waals surface area contributed by atoms with Crippen LogP contribution in [0.4, 0.5) is 23.0 Å². The van der Waals surface area contributed by atoms with Crippen LogP contribution in [0.1, 0.15) is 23.7 Å². The number of anilines is 4. The number of nitrogens with zero attached hydrogens (tertiary/aromatic N) is 3. The van der Waals surface area contributed by atoms with Gasteiger partial charge < -0.3 is 25.8 Å². The van der Waals surface area contributed by atoms with Crippen molar-refractivity contribution in [3.05, 3.63) is 36.2 Å². The second-order valence-corrected chi connectivity index (χ2v) is 6.65. The second kappa shape index (κ2) is 10.6. The molecule has 4 N–H and O–H groups in total. The molecule has 1 fully saturated rings. The maximum absolute atomic E-state index is 11.9. The Bertz CT molecular complexity index is 811. The van der Waals surface area contributed by atoms with Gasteiger partial charge in [0.05, 0.1) is 25.4 Å². The summed E-state index contributed by atoms with van der Waals surface area (Å²) in [6, 6.07) is 7.01. The molecule has 2 heterocycles. The molecule has 1 aliphatic heterocycles. The smallest absolute Gasteiger partial charge is 0.338 e. The molecule has 0 unspecified atom stereocenters. The molecule has 2 aromatic rings. The lowest BCUT2D eigenvalue weighted by Gasteiger charge is -2.26. The molecule has 0 atom stereocenters. The zero-order valence-corrected chi connectivity index (χ0v) is 16.7. The Morgan fingerprint density at radius 3 is 2.86 bits per heavy atom. The first kappa shape index (κ1) is 20.8. The third-order valence-corrected chi connectivity index (χ3v) is 4.57. The van der Waals surface area contributed by atoms with Crippen molar-refractivity contribution in [3.63, 3.8) is 0 Å². The first-order valence-electron chi connectivity index (χ1n) is 9.86. The van der Waals surface area contributed by atoms with Gasteiger partial charge >= 0.3 is 5.97 Å². The lowest BCUT2D eigenvalue weighted by molar-refractivity contribution is 0.0378. The molecule has 0 amide bonds. The van der Waals surface area contributed by atoms with Crippen LogP contribution < -0.4 is 16.4 Å². The number of carbonyl (C=O) groups is 1. The average Bonchev–Trinajstić information content (AvgIpc) is 2.75. The Hall–Kier alpha value is -2.91. The number of ether oxygens (including phenoxy) is 2. The van der Waals surface area contributed by atoms with Gasteiger partial charge in [-0.1, -0.05) is 6.07 Å². The molecule has 29 heavy (non-hydrogen) atoms. The fourth-order valence-electron chi connectivity index (χ4n) is 3.05. The number of aromatic nitrogens is 2. The minimum absolute atomic E-state index is 0.329. The Morgan fingerprint density at radius 2 is 2.07 bits per heavy atom. The summed E-state index contributed by atoms with van der Waals surface area (Å²) in [7, 11) is 0. The van der Waals surface area contributed by atoms with Crippen molar-refractivity contribution in [1.29, 1.82) is 0 Å². The molecule has 0 bridgehead atoms. The van der Waals surface area contributed by atoms with Crippen LogP contribution >= 0.6 is 0 Å². The second-order valence-electron chi connectivity index (χ2n) is 6.65. The lowest BCUT2D eigenvalue weighted by Crippen LogP contribution is -2.37. The molecule has 156 valence electrons. The molecule has 1 aliphatic rings. The van der Waals surface area contributed by atoms with Gasteiger partial charge in [0.25, 0.3) is 0 Å². The topological polar surface area (TPSA) is 115 Å². The highest BCUT2D eigenvalue weighted by Crippen LogP contribution is 2.26. The molecular weight excluding hydrogens is 372 g/mol. The van der Waals surface area contributed by atoms with Crippen molar-refractivity contribution in [2.75, 3.05) is 62.4 Å². The monoisotopic (exact) mass is 400 g/mol. The van der Waals surface area contributed by atoms with Crippen molar-refractivity contribution >= 4 is 29.0 Å².